The zero-order valence-corrected chi connectivity index (χ0v) is 22.6. The Morgan fingerprint density at radius 1 is 0.974 bits per heavy atom. The fourth-order valence-corrected chi connectivity index (χ4v) is 4.20. The van der Waals surface area contributed by atoms with E-state index in [0.717, 1.165) is 11.3 Å². The van der Waals surface area contributed by atoms with Crippen molar-refractivity contribution in [3.8, 4) is 5.75 Å². The number of ether oxygens (including phenoxy) is 1. The molecule has 0 fully saturated rings. The van der Waals surface area contributed by atoms with E-state index in [4.69, 9.17) is 45.3 Å². The van der Waals surface area contributed by atoms with Gasteiger partial charge in [-0.05, 0) is 54.4 Å². The van der Waals surface area contributed by atoms with Crippen molar-refractivity contribution in [3.05, 3.63) is 92.6 Å². The van der Waals surface area contributed by atoms with Gasteiger partial charge in [0.1, 0.15) is 17.3 Å². The maximum Gasteiger partial charge on any atom is 0.323 e. The Labute approximate surface area is 233 Å². The number of nitrogens with two attached hydrogens (primary N) is 1. The van der Waals surface area contributed by atoms with Crippen LogP contribution in [0.4, 0.5) is 27.7 Å². The third-order valence-corrected chi connectivity index (χ3v) is 6.76. The van der Waals surface area contributed by atoms with Gasteiger partial charge < -0.3 is 26.4 Å². The lowest BCUT2D eigenvalue weighted by molar-refractivity contribution is 0.102. The molecule has 12 heteroatoms. The molecule has 0 unspecified atom stereocenters. The zero-order chi connectivity index (χ0) is 27.4. The highest BCUT2D eigenvalue weighted by molar-refractivity contribution is 6.46. The Kier molecular flexibility index (Phi) is 8.31. The molecule has 3 amide bonds. The molecular weight excluding hydrogens is 551 g/mol. The third-order valence-electron chi connectivity index (χ3n) is 5.64. The van der Waals surface area contributed by atoms with Crippen molar-refractivity contribution in [2.45, 2.75) is 13.5 Å². The molecule has 9 nitrogen and oxygen atoms in total. The van der Waals surface area contributed by atoms with Crippen molar-refractivity contribution in [1.82, 2.24) is 9.78 Å². The van der Waals surface area contributed by atoms with Crippen molar-refractivity contribution < 1.29 is 14.3 Å². The summed E-state index contributed by atoms with van der Waals surface area (Å²) in [6.07, 6.45) is 1.49. The van der Waals surface area contributed by atoms with E-state index < -0.39 is 11.9 Å². The van der Waals surface area contributed by atoms with Crippen molar-refractivity contribution >= 4 is 69.6 Å². The number of halogens is 3. The summed E-state index contributed by atoms with van der Waals surface area (Å²) in [5.74, 6) is 0.635. The number of carbonyl (C=O) groups is 2. The molecule has 0 aliphatic carbocycles. The van der Waals surface area contributed by atoms with Gasteiger partial charge in [-0.15, -0.1) is 0 Å². The predicted octanol–water partition coefficient (Wildman–Crippen LogP) is 6.69. The van der Waals surface area contributed by atoms with E-state index in [1.807, 2.05) is 24.3 Å². The molecule has 3 aromatic carbocycles. The number of hydrogen-bond acceptors (Lipinski definition) is 5. The number of urea groups is 1. The number of rotatable bonds is 7. The summed E-state index contributed by atoms with van der Waals surface area (Å²) in [5.41, 5.74) is 9.14. The van der Waals surface area contributed by atoms with Crippen molar-refractivity contribution in [2.75, 3.05) is 28.8 Å². The predicted molar refractivity (Wildman–Crippen MR) is 152 cm³/mol. The summed E-state index contributed by atoms with van der Waals surface area (Å²) in [6.45, 7) is 2.20. The maximum atomic E-state index is 13.1. The minimum atomic E-state index is -0.615. The van der Waals surface area contributed by atoms with Crippen molar-refractivity contribution in [1.29, 1.82) is 0 Å². The van der Waals surface area contributed by atoms with Gasteiger partial charge in [0.15, 0.2) is 0 Å². The highest BCUT2D eigenvalue weighted by Crippen LogP contribution is 2.36. The molecule has 4 rings (SSSR count). The monoisotopic (exact) mass is 572 g/mol. The number of amides is 3. The number of hydrogen-bond donors (Lipinski definition) is 4. The van der Waals surface area contributed by atoms with Gasteiger partial charge >= 0.3 is 6.03 Å². The largest absolute Gasteiger partial charge is 0.497 e. The van der Waals surface area contributed by atoms with Crippen LogP contribution in [-0.4, -0.2) is 28.8 Å². The molecule has 0 atom stereocenters. The summed E-state index contributed by atoms with van der Waals surface area (Å²) in [7, 11) is 1.60. The summed E-state index contributed by atoms with van der Waals surface area (Å²) >= 11 is 18.3. The number of methoxy groups -OCH3 is 1. The molecule has 196 valence electrons. The lowest BCUT2D eigenvalue weighted by atomic mass is 10.1. The molecule has 38 heavy (non-hydrogen) atoms. The molecular formula is C26H23Cl3N6O3. The van der Waals surface area contributed by atoms with E-state index in [2.05, 4.69) is 21.0 Å². The molecule has 5 N–H and O–H groups in total. The van der Waals surface area contributed by atoms with Gasteiger partial charge in [0, 0.05) is 11.3 Å². The molecule has 1 heterocycles. The van der Waals surface area contributed by atoms with Gasteiger partial charge in [0.25, 0.3) is 5.91 Å². The highest BCUT2D eigenvalue weighted by Gasteiger charge is 2.17. The Bertz CT molecular complexity index is 1510. The summed E-state index contributed by atoms with van der Waals surface area (Å²) in [6, 6.07) is 14.8. The second-order valence-corrected chi connectivity index (χ2v) is 9.42. The van der Waals surface area contributed by atoms with Gasteiger partial charge in [0.2, 0.25) is 0 Å². The summed E-state index contributed by atoms with van der Waals surface area (Å²) < 4.78 is 6.76. The van der Waals surface area contributed by atoms with Crippen LogP contribution in [0.2, 0.25) is 15.1 Å². The molecule has 0 saturated carbocycles. The lowest BCUT2D eigenvalue weighted by Gasteiger charge is -2.13. The average Bonchev–Trinajstić information content (AvgIpc) is 3.24. The van der Waals surface area contributed by atoms with Crippen LogP contribution < -0.4 is 26.4 Å². The number of benzene rings is 3. The number of aryl methyl sites for hydroxylation is 1. The number of nitrogens with one attached hydrogen (secondary N) is 3. The van der Waals surface area contributed by atoms with Crippen LogP contribution in [0.1, 0.15) is 21.5 Å². The van der Waals surface area contributed by atoms with E-state index >= 15 is 0 Å². The fraction of sp³-hybridized carbons (Fsp3) is 0.115. The van der Waals surface area contributed by atoms with E-state index in [9.17, 15) is 9.59 Å². The standard InChI is InChI=1S/C26H23Cl3N6O3/c1-14-3-6-16(32-26(37)34-23-20(28)10-9-19(27)22(23)29)11-18(14)25(36)33-21-12-31-35(24(21)30)13-15-4-7-17(38-2)8-5-15/h3-12H,13,30H2,1-2H3,(H,33,36)(H2,32,34,37). The first-order chi connectivity index (χ1) is 18.2. The van der Waals surface area contributed by atoms with E-state index in [0.29, 0.717) is 34.9 Å². The van der Waals surface area contributed by atoms with Gasteiger partial charge in [-0.2, -0.15) is 5.10 Å². The van der Waals surface area contributed by atoms with E-state index in [1.165, 1.54) is 18.3 Å². The van der Waals surface area contributed by atoms with Gasteiger partial charge in [-0.3, -0.25) is 4.79 Å². The second-order valence-electron chi connectivity index (χ2n) is 8.23. The van der Waals surface area contributed by atoms with E-state index in [-0.39, 0.29) is 20.8 Å². The van der Waals surface area contributed by atoms with Crippen LogP contribution in [0, 0.1) is 6.92 Å². The number of anilines is 4. The quantitative estimate of drug-likeness (QED) is 0.184. The molecule has 0 saturated heterocycles. The lowest BCUT2D eigenvalue weighted by Crippen LogP contribution is -2.21. The smallest absolute Gasteiger partial charge is 0.323 e. The molecule has 0 radical (unpaired) electrons. The van der Waals surface area contributed by atoms with Crippen molar-refractivity contribution in [2.24, 2.45) is 0 Å². The molecule has 0 aliphatic rings. The number of carbonyl (C=O) groups excluding carboxylic acids is 2. The molecule has 4 aromatic rings. The SMILES string of the molecule is COc1ccc(Cn2ncc(NC(=O)c3cc(NC(=O)Nc4c(Cl)ccc(Cl)c4Cl)ccc3C)c2N)cc1. The molecule has 1 aromatic heterocycles. The van der Waals surface area contributed by atoms with Crippen LogP contribution in [0.15, 0.2) is 60.8 Å². The Morgan fingerprint density at radius 3 is 2.39 bits per heavy atom. The maximum absolute atomic E-state index is 13.1. The zero-order valence-electron chi connectivity index (χ0n) is 20.3. The van der Waals surface area contributed by atoms with Crippen LogP contribution in [0.3, 0.4) is 0 Å². The second kappa shape index (κ2) is 11.6. The molecule has 0 bridgehead atoms. The first kappa shape index (κ1) is 27.1. The number of nitrogens with zero attached hydrogens (tertiary/aromatic N) is 2. The summed E-state index contributed by atoms with van der Waals surface area (Å²) in [5, 5.41) is 12.9. The minimum absolute atomic E-state index is 0.114. The normalized spacial score (nSPS) is 10.7. The van der Waals surface area contributed by atoms with Gasteiger partial charge in [-0.25, -0.2) is 9.48 Å². The van der Waals surface area contributed by atoms with E-state index in [1.54, 1.807) is 36.9 Å². The number of aromatic nitrogens is 2. The van der Waals surface area contributed by atoms with Crippen LogP contribution >= 0.6 is 34.8 Å². The highest BCUT2D eigenvalue weighted by atomic mass is 35.5. The Hall–Kier alpha value is -3.92. The molecule has 0 aliphatic heterocycles. The third kappa shape index (κ3) is 6.13. The first-order valence-corrected chi connectivity index (χ1v) is 12.4. The van der Waals surface area contributed by atoms with Crippen LogP contribution in [0.5, 0.6) is 5.75 Å². The Balaban J connectivity index is 1.45. The average molecular weight is 574 g/mol. The first-order valence-electron chi connectivity index (χ1n) is 11.2. The minimum Gasteiger partial charge on any atom is -0.497 e. The Morgan fingerprint density at radius 2 is 1.68 bits per heavy atom. The molecule has 0 spiro atoms. The van der Waals surface area contributed by atoms with Gasteiger partial charge in [0.05, 0.1) is 40.6 Å². The van der Waals surface area contributed by atoms with Gasteiger partial charge in [-0.1, -0.05) is 53.0 Å². The number of nitrogen functional groups attached to an aromatic ring is 1. The van der Waals surface area contributed by atoms with Crippen LogP contribution in [-0.2, 0) is 6.54 Å². The summed E-state index contributed by atoms with van der Waals surface area (Å²) in [4.78, 5) is 25.7. The topological polar surface area (TPSA) is 123 Å². The fourth-order valence-electron chi connectivity index (χ4n) is 3.57. The van der Waals surface area contributed by atoms with Crippen molar-refractivity contribution in [3.63, 3.8) is 0 Å². The van der Waals surface area contributed by atoms with Crippen LogP contribution in [0.25, 0.3) is 0 Å².